The summed E-state index contributed by atoms with van der Waals surface area (Å²) in [5.41, 5.74) is 0. The van der Waals surface area contributed by atoms with Crippen molar-refractivity contribution in [1.29, 1.82) is 0 Å². The molecular weight excluding hydrogens is 224 g/mol. The smallest absolute Gasteiger partial charge is 0.234 e. The molecule has 0 aliphatic rings. The van der Waals surface area contributed by atoms with Gasteiger partial charge >= 0.3 is 0 Å². The maximum Gasteiger partial charge on any atom is 0.234 e. The number of ether oxygens (including phenoxy) is 3. The minimum absolute atomic E-state index is 0.0240. The van der Waals surface area contributed by atoms with Crippen LogP contribution in [0.25, 0.3) is 0 Å². The molecule has 0 bridgehead atoms. The number of amides is 1. The van der Waals surface area contributed by atoms with Gasteiger partial charge in [0.2, 0.25) is 5.91 Å². The van der Waals surface area contributed by atoms with Crippen molar-refractivity contribution in [3.63, 3.8) is 0 Å². The van der Waals surface area contributed by atoms with Crippen molar-refractivity contribution in [3.05, 3.63) is 0 Å². The van der Waals surface area contributed by atoms with Gasteiger partial charge in [-0.2, -0.15) is 0 Å². The van der Waals surface area contributed by atoms with Gasteiger partial charge in [-0.1, -0.05) is 0 Å². The predicted molar refractivity (Wildman–Crippen MR) is 65.1 cm³/mol. The molecule has 102 valence electrons. The summed E-state index contributed by atoms with van der Waals surface area (Å²) in [5, 5.41) is 5.48. The molecule has 0 aliphatic heterocycles. The van der Waals surface area contributed by atoms with E-state index in [0.717, 1.165) is 0 Å². The fraction of sp³-hybridized carbons (Fsp3) is 0.909. The summed E-state index contributed by atoms with van der Waals surface area (Å²) in [6, 6.07) is 0. The highest BCUT2D eigenvalue weighted by molar-refractivity contribution is 5.77. The van der Waals surface area contributed by atoms with Crippen LogP contribution in [0.4, 0.5) is 0 Å². The van der Waals surface area contributed by atoms with Crippen molar-refractivity contribution in [2.75, 3.05) is 59.8 Å². The first-order valence-corrected chi connectivity index (χ1v) is 5.95. The highest BCUT2D eigenvalue weighted by Gasteiger charge is 1.96. The van der Waals surface area contributed by atoms with Crippen LogP contribution in [0.1, 0.15) is 6.92 Å². The molecule has 0 atom stereocenters. The molecule has 0 saturated heterocycles. The molecule has 0 radical (unpaired) electrons. The zero-order valence-electron chi connectivity index (χ0n) is 10.8. The summed E-state index contributed by atoms with van der Waals surface area (Å²) in [6.45, 7) is 6.33. The zero-order chi connectivity index (χ0) is 12.8. The molecule has 6 nitrogen and oxygen atoms in total. The molecule has 0 unspecified atom stereocenters. The Hall–Kier alpha value is -0.690. The van der Waals surface area contributed by atoms with E-state index < -0.39 is 0 Å². The number of rotatable bonds is 12. The first-order valence-electron chi connectivity index (χ1n) is 5.95. The van der Waals surface area contributed by atoms with Gasteiger partial charge in [-0.3, -0.25) is 4.79 Å². The Morgan fingerprint density at radius 3 is 2.18 bits per heavy atom. The normalized spacial score (nSPS) is 10.5. The first-order chi connectivity index (χ1) is 8.31. The van der Waals surface area contributed by atoms with Gasteiger partial charge in [-0.25, -0.2) is 0 Å². The van der Waals surface area contributed by atoms with E-state index in [1.165, 1.54) is 0 Å². The van der Waals surface area contributed by atoms with Crippen molar-refractivity contribution in [1.82, 2.24) is 10.6 Å². The van der Waals surface area contributed by atoms with Gasteiger partial charge in [-0.15, -0.1) is 0 Å². The van der Waals surface area contributed by atoms with E-state index in [1.54, 1.807) is 7.05 Å². The summed E-state index contributed by atoms with van der Waals surface area (Å²) in [5.74, 6) is -0.0240. The van der Waals surface area contributed by atoms with Crippen LogP contribution in [0.3, 0.4) is 0 Å². The highest BCUT2D eigenvalue weighted by atomic mass is 16.5. The molecule has 1 amide bonds. The van der Waals surface area contributed by atoms with Gasteiger partial charge < -0.3 is 24.8 Å². The number of carbonyl (C=O) groups is 1. The van der Waals surface area contributed by atoms with Crippen LogP contribution in [0.15, 0.2) is 0 Å². The van der Waals surface area contributed by atoms with E-state index in [4.69, 9.17) is 14.2 Å². The lowest BCUT2D eigenvalue weighted by Crippen LogP contribution is -2.34. The largest absolute Gasteiger partial charge is 0.379 e. The Bertz CT molecular complexity index is 179. The van der Waals surface area contributed by atoms with Crippen molar-refractivity contribution in [2.45, 2.75) is 6.92 Å². The summed E-state index contributed by atoms with van der Waals surface area (Å²) in [6.07, 6.45) is 0. The number of hydrogen-bond acceptors (Lipinski definition) is 5. The fourth-order valence-electron chi connectivity index (χ4n) is 1.07. The predicted octanol–water partition coefficient (Wildman–Crippen LogP) is -0.608. The topological polar surface area (TPSA) is 68.8 Å². The van der Waals surface area contributed by atoms with Crippen LogP contribution < -0.4 is 10.6 Å². The van der Waals surface area contributed by atoms with Crippen LogP contribution >= 0.6 is 0 Å². The molecule has 0 aromatic rings. The maximum absolute atomic E-state index is 11.0. The lowest BCUT2D eigenvalue weighted by molar-refractivity contribution is -0.120. The maximum atomic E-state index is 11.0. The molecule has 0 aromatic heterocycles. The van der Waals surface area contributed by atoms with Gasteiger partial charge in [0.25, 0.3) is 0 Å². The van der Waals surface area contributed by atoms with E-state index in [1.807, 2.05) is 6.92 Å². The monoisotopic (exact) mass is 248 g/mol. The number of likely N-dealkylation sites (N-methyl/N-ethyl adjacent to an activating group) is 1. The van der Waals surface area contributed by atoms with Crippen LogP contribution in [-0.2, 0) is 19.0 Å². The summed E-state index contributed by atoms with van der Waals surface area (Å²) >= 11 is 0. The summed E-state index contributed by atoms with van der Waals surface area (Å²) in [7, 11) is 1.73. The Morgan fingerprint density at radius 2 is 1.59 bits per heavy atom. The lowest BCUT2D eigenvalue weighted by Gasteiger charge is -2.07. The highest BCUT2D eigenvalue weighted by Crippen LogP contribution is 1.80. The molecule has 6 heteroatoms. The van der Waals surface area contributed by atoms with Gasteiger partial charge in [-0.05, 0) is 14.0 Å². The lowest BCUT2D eigenvalue weighted by atomic mass is 10.5. The van der Waals surface area contributed by atoms with E-state index in [0.29, 0.717) is 52.7 Å². The SMILES string of the molecule is CCOCCOCCOCCNC(=O)CNC. The van der Waals surface area contributed by atoms with E-state index >= 15 is 0 Å². The Morgan fingerprint density at radius 1 is 1.00 bits per heavy atom. The van der Waals surface area contributed by atoms with Crippen LogP contribution in [0, 0.1) is 0 Å². The minimum atomic E-state index is -0.0240. The summed E-state index contributed by atoms with van der Waals surface area (Å²) in [4.78, 5) is 11.0. The average Bonchev–Trinajstić information content (AvgIpc) is 2.32. The van der Waals surface area contributed by atoms with E-state index in [2.05, 4.69) is 10.6 Å². The molecule has 0 aliphatic carbocycles. The van der Waals surface area contributed by atoms with Crippen molar-refractivity contribution >= 4 is 5.91 Å². The molecular formula is C11H24N2O4. The van der Waals surface area contributed by atoms with Crippen LogP contribution in [-0.4, -0.2) is 65.7 Å². The van der Waals surface area contributed by atoms with Gasteiger partial charge in [0.05, 0.1) is 39.6 Å². The number of carbonyl (C=O) groups excluding carboxylic acids is 1. The number of hydrogen-bond donors (Lipinski definition) is 2. The van der Waals surface area contributed by atoms with Gasteiger partial charge in [0.1, 0.15) is 0 Å². The molecule has 17 heavy (non-hydrogen) atoms. The third kappa shape index (κ3) is 13.2. The number of nitrogens with one attached hydrogen (secondary N) is 2. The van der Waals surface area contributed by atoms with E-state index in [9.17, 15) is 4.79 Å². The first kappa shape index (κ1) is 16.3. The second-order valence-corrected chi connectivity index (χ2v) is 3.30. The Labute approximate surface area is 103 Å². The van der Waals surface area contributed by atoms with Crippen molar-refractivity contribution in [3.8, 4) is 0 Å². The fourth-order valence-corrected chi connectivity index (χ4v) is 1.07. The molecule has 0 rings (SSSR count). The van der Waals surface area contributed by atoms with E-state index in [-0.39, 0.29) is 5.91 Å². The third-order valence-corrected chi connectivity index (χ3v) is 1.85. The van der Waals surface area contributed by atoms with Gasteiger partial charge in [0, 0.05) is 13.2 Å². The minimum Gasteiger partial charge on any atom is -0.379 e. The van der Waals surface area contributed by atoms with Crippen LogP contribution in [0.5, 0.6) is 0 Å². The second-order valence-electron chi connectivity index (χ2n) is 3.30. The molecule has 0 heterocycles. The Kier molecular flexibility index (Phi) is 12.8. The average molecular weight is 248 g/mol. The molecule has 2 N–H and O–H groups in total. The quantitative estimate of drug-likeness (QED) is 0.451. The molecule has 0 fully saturated rings. The molecule has 0 aromatic carbocycles. The van der Waals surface area contributed by atoms with Gasteiger partial charge in [0.15, 0.2) is 0 Å². The summed E-state index contributed by atoms with van der Waals surface area (Å²) < 4.78 is 15.6. The van der Waals surface area contributed by atoms with Crippen molar-refractivity contribution in [2.24, 2.45) is 0 Å². The van der Waals surface area contributed by atoms with Crippen LogP contribution in [0.2, 0.25) is 0 Å². The molecule has 0 saturated carbocycles. The second kappa shape index (κ2) is 13.4. The Balaban J connectivity index is 3.01. The zero-order valence-corrected chi connectivity index (χ0v) is 10.8. The van der Waals surface area contributed by atoms with Crippen molar-refractivity contribution < 1.29 is 19.0 Å². The standard InChI is InChI=1S/C11H24N2O4/c1-3-15-6-7-17-9-8-16-5-4-13-11(14)10-12-2/h12H,3-10H2,1-2H3,(H,13,14). The molecule has 0 spiro atoms. The third-order valence-electron chi connectivity index (χ3n) is 1.85.